The van der Waals surface area contributed by atoms with Crippen molar-refractivity contribution in [2.24, 2.45) is 0 Å². The highest BCUT2D eigenvalue weighted by molar-refractivity contribution is 6.93. The summed E-state index contributed by atoms with van der Waals surface area (Å²) in [5.41, 5.74) is 24.1. The third-order valence-corrected chi connectivity index (χ3v) is 17.2. The Balaban J connectivity index is 1.14. The highest BCUT2D eigenvalue weighted by atomic mass is 16.6. The zero-order valence-electron chi connectivity index (χ0n) is 50.4. The van der Waals surface area contributed by atoms with E-state index in [9.17, 15) is 0 Å². The minimum Gasteiger partial charge on any atom is -0.450 e. The van der Waals surface area contributed by atoms with Crippen molar-refractivity contribution in [2.45, 2.75) is 112 Å². The standard InChI is InChI=1S/C77H74BN3O2/c1-49-42-62-59-39-38-58(79(56-34-28-52(29-35-56)74(2,3)4)57-36-30-53(31-37-57)75(5,6)7)46-66(59)81(65-41-33-55(77(11,12)13)45-61(65)51-24-18-15-19-25-51)78-63-47-71-72(83-70-27-21-20-26-69(70)82-71)48-67(63)80(68(43-49)73(62)78)64-40-32-54(76(8,9)10)44-60(64)50-22-16-14-17-23-50/h14-48H,1-13H3. The Hall–Kier alpha value is -8.74. The molecule has 412 valence electrons. The van der Waals surface area contributed by atoms with Crippen LogP contribution in [0.1, 0.15) is 111 Å². The molecule has 13 rings (SSSR count). The Morgan fingerprint density at radius 2 is 0.795 bits per heavy atom. The molecular formula is C77H74BN3O2. The molecule has 6 heteroatoms. The number of rotatable bonds is 7. The third kappa shape index (κ3) is 9.56. The first kappa shape index (κ1) is 53.6. The van der Waals surface area contributed by atoms with Crippen molar-refractivity contribution < 1.29 is 9.47 Å². The van der Waals surface area contributed by atoms with Crippen molar-refractivity contribution in [3.05, 3.63) is 240 Å². The van der Waals surface area contributed by atoms with E-state index in [4.69, 9.17) is 9.47 Å². The summed E-state index contributed by atoms with van der Waals surface area (Å²) in [6.07, 6.45) is 0. The van der Waals surface area contributed by atoms with Gasteiger partial charge in [0, 0.05) is 62.6 Å². The Morgan fingerprint density at radius 1 is 0.337 bits per heavy atom. The second kappa shape index (κ2) is 19.7. The van der Waals surface area contributed by atoms with Crippen LogP contribution in [0.3, 0.4) is 0 Å². The maximum Gasteiger partial charge on any atom is 0.333 e. The van der Waals surface area contributed by atoms with E-state index < -0.39 is 0 Å². The predicted molar refractivity (Wildman–Crippen MR) is 352 cm³/mol. The largest absolute Gasteiger partial charge is 0.450 e. The smallest absolute Gasteiger partial charge is 0.333 e. The Labute approximate surface area is 492 Å². The molecule has 0 amide bonds. The molecule has 83 heavy (non-hydrogen) atoms. The summed E-state index contributed by atoms with van der Waals surface area (Å²) in [7, 11) is 0. The van der Waals surface area contributed by atoms with Gasteiger partial charge in [-0.25, -0.2) is 0 Å². The minimum atomic E-state index is -0.344. The molecule has 0 aliphatic carbocycles. The Morgan fingerprint density at radius 3 is 1.31 bits per heavy atom. The number of anilines is 8. The van der Waals surface area contributed by atoms with Gasteiger partial charge < -0.3 is 24.1 Å². The van der Waals surface area contributed by atoms with Crippen LogP contribution in [0.4, 0.5) is 45.5 Å². The molecule has 0 saturated carbocycles. The van der Waals surface area contributed by atoms with Gasteiger partial charge in [-0.15, -0.1) is 0 Å². The molecule has 0 spiro atoms. The van der Waals surface area contributed by atoms with E-state index in [1.165, 1.54) is 44.4 Å². The van der Waals surface area contributed by atoms with E-state index in [1.807, 2.05) is 24.3 Å². The molecule has 5 nitrogen and oxygen atoms in total. The first-order valence-electron chi connectivity index (χ1n) is 29.5. The van der Waals surface area contributed by atoms with Crippen LogP contribution in [-0.2, 0) is 21.7 Å². The molecule has 0 saturated heterocycles. The number of aryl methyl sites for hydroxylation is 1. The quantitative estimate of drug-likeness (QED) is 0.148. The lowest BCUT2D eigenvalue weighted by Crippen LogP contribution is -2.61. The van der Waals surface area contributed by atoms with Crippen LogP contribution >= 0.6 is 0 Å². The highest BCUT2D eigenvalue weighted by Gasteiger charge is 2.47. The first-order chi connectivity index (χ1) is 39.6. The molecule has 0 aromatic heterocycles. The molecule has 3 aliphatic heterocycles. The zero-order chi connectivity index (χ0) is 57.9. The summed E-state index contributed by atoms with van der Waals surface area (Å²) in [5.74, 6) is 2.74. The van der Waals surface area contributed by atoms with Gasteiger partial charge in [0.1, 0.15) is 0 Å². The number of hydrogen-bond acceptors (Lipinski definition) is 5. The van der Waals surface area contributed by atoms with Crippen molar-refractivity contribution >= 4 is 63.3 Å². The van der Waals surface area contributed by atoms with Crippen molar-refractivity contribution in [2.75, 3.05) is 14.6 Å². The van der Waals surface area contributed by atoms with Gasteiger partial charge in [0.2, 0.25) is 0 Å². The first-order valence-corrected chi connectivity index (χ1v) is 29.5. The van der Waals surface area contributed by atoms with Gasteiger partial charge in [-0.3, -0.25) is 0 Å². The molecule has 0 bridgehead atoms. The summed E-state index contributed by atoms with van der Waals surface area (Å²) in [6.45, 7) is 29.5. The van der Waals surface area contributed by atoms with Crippen LogP contribution in [0.5, 0.6) is 23.0 Å². The SMILES string of the molecule is Cc1cc2c3c(c1)N(c1ccc(C(C)(C)C)cc1-c1ccccc1)c1cc4c(cc1B3N(c1ccc(C(C)(C)C)cc1-c1ccccc1)c1cc(N(c3ccc(C(C)(C)C)cc3)c3ccc(C(C)(C)C)cc3)ccc1-2)Oc1ccccc1O4. The monoisotopic (exact) mass is 1080 g/mol. The van der Waals surface area contributed by atoms with Crippen molar-refractivity contribution in [3.63, 3.8) is 0 Å². The lowest BCUT2D eigenvalue weighted by atomic mass is 9.43. The number of para-hydroxylation sites is 2. The van der Waals surface area contributed by atoms with Gasteiger partial charge in [0.25, 0.3) is 0 Å². The minimum absolute atomic E-state index is 0.00191. The van der Waals surface area contributed by atoms with E-state index in [2.05, 4.69) is 293 Å². The summed E-state index contributed by atoms with van der Waals surface area (Å²) in [5, 5.41) is 0. The van der Waals surface area contributed by atoms with Crippen molar-refractivity contribution in [3.8, 4) is 56.4 Å². The number of hydrogen-bond donors (Lipinski definition) is 0. The summed E-state index contributed by atoms with van der Waals surface area (Å²) >= 11 is 0. The zero-order valence-corrected chi connectivity index (χ0v) is 50.4. The molecule has 10 aromatic carbocycles. The molecule has 10 aromatic rings. The molecule has 3 heterocycles. The Bertz CT molecular complexity index is 4080. The average Bonchev–Trinajstić information content (AvgIpc) is 1.31. The van der Waals surface area contributed by atoms with Gasteiger partial charge in [-0.1, -0.05) is 204 Å². The number of ether oxygens (including phenoxy) is 2. The fourth-order valence-electron chi connectivity index (χ4n) is 12.5. The lowest BCUT2D eigenvalue weighted by molar-refractivity contribution is 0.360. The molecule has 0 atom stereocenters. The highest BCUT2D eigenvalue weighted by Crippen LogP contribution is 2.55. The predicted octanol–water partition coefficient (Wildman–Crippen LogP) is 20.6. The second-order valence-electron chi connectivity index (χ2n) is 27.2. The van der Waals surface area contributed by atoms with E-state index >= 15 is 0 Å². The molecule has 0 unspecified atom stereocenters. The normalized spacial score (nSPS) is 13.5. The molecule has 0 fully saturated rings. The molecule has 3 aliphatic rings. The summed E-state index contributed by atoms with van der Waals surface area (Å²) < 4.78 is 13.9. The molecule has 0 radical (unpaired) electrons. The fourth-order valence-corrected chi connectivity index (χ4v) is 12.5. The van der Waals surface area contributed by atoms with Gasteiger partial charge >= 0.3 is 6.85 Å². The average molecular weight is 1080 g/mol. The van der Waals surface area contributed by atoms with E-state index in [0.717, 1.165) is 73.2 Å². The fraction of sp³-hybridized carbons (Fsp3) is 0.221. The van der Waals surface area contributed by atoms with Crippen LogP contribution in [0.25, 0.3) is 33.4 Å². The summed E-state index contributed by atoms with van der Waals surface area (Å²) in [6, 6.07) is 79.1. The van der Waals surface area contributed by atoms with Crippen molar-refractivity contribution in [1.29, 1.82) is 0 Å². The van der Waals surface area contributed by atoms with Crippen LogP contribution in [0, 0.1) is 6.92 Å². The van der Waals surface area contributed by atoms with E-state index in [-0.39, 0.29) is 28.5 Å². The van der Waals surface area contributed by atoms with Gasteiger partial charge in [0.15, 0.2) is 23.0 Å². The number of nitrogens with zero attached hydrogens (tertiary/aromatic N) is 3. The molecular weight excluding hydrogens is 1010 g/mol. The van der Waals surface area contributed by atoms with Crippen LogP contribution in [0.2, 0.25) is 0 Å². The van der Waals surface area contributed by atoms with Crippen LogP contribution < -0.4 is 35.0 Å². The number of fused-ring (bicyclic) bond motifs is 6. The maximum atomic E-state index is 6.97. The molecule has 0 N–H and O–H groups in total. The second-order valence-corrected chi connectivity index (χ2v) is 27.2. The summed E-state index contributed by atoms with van der Waals surface area (Å²) in [4.78, 5) is 7.63. The van der Waals surface area contributed by atoms with Crippen molar-refractivity contribution in [1.82, 2.24) is 0 Å². The van der Waals surface area contributed by atoms with Gasteiger partial charge in [0.05, 0.1) is 5.69 Å². The lowest BCUT2D eigenvalue weighted by Gasteiger charge is -2.47. The van der Waals surface area contributed by atoms with Crippen LogP contribution in [0.15, 0.2) is 212 Å². The Kier molecular flexibility index (Phi) is 12.7. The maximum absolute atomic E-state index is 6.97. The number of benzene rings is 10. The van der Waals surface area contributed by atoms with Crippen LogP contribution in [-0.4, -0.2) is 6.85 Å². The van der Waals surface area contributed by atoms with E-state index in [0.29, 0.717) is 23.0 Å². The van der Waals surface area contributed by atoms with Gasteiger partial charge in [-0.05, 0) is 169 Å². The third-order valence-electron chi connectivity index (χ3n) is 17.2. The topological polar surface area (TPSA) is 28.2 Å². The van der Waals surface area contributed by atoms with Gasteiger partial charge in [-0.2, -0.15) is 0 Å². The van der Waals surface area contributed by atoms with E-state index in [1.54, 1.807) is 0 Å².